The van der Waals surface area contributed by atoms with E-state index in [0.717, 1.165) is 35.9 Å². The Bertz CT molecular complexity index is 1710. The fourth-order valence-corrected chi connectivity index (χ4v) is 3.99. The maximum atomic E-state index is 15.5. The highest BCUT2D eigenvalue weighted by Gasteiger charge is 2.32. The van der Waals surface area contributed by atoms with Gasteiger partial charge in [-0.3, -0.25) is 9.59 Å². The summed E-state index contributed by atoms with van der Waals surface area (Å²) in [7, 11) is 3.46. The van der Waals surface area contributed by atoms with Crippen LogP contribution in [0.1, 0.15) is 24.1 Å². The zero-order valence-corrected chi connectivity index (χ0v) is 23.1. The zero-order chi connectivity index (χ0) is 31.5. The van der Waals surface area contributed by atoms with E-state index in [4.69, 9.17) is 4.74 Å². The fourth-order valence-electron chi connectivity index (χ4n) is 3.99. The number of carbonyl (C=O) groups excluding carboxylic acids is 2. The Morgan fingerprint density at radius 2 is 1.88 bits per heavy atom. The van der Waals surface area contributed by atoms with Gasteiger partial charge in [0, 0.05) is 21.0 Å². The smallest absolute Gasteiger partial charge is 0.465 e. The van der Waals surface area contributed by atoms with Crippen molar-refractivity contribution in [1.29, 1.82) is 0 Å². The maximum Gasteiger partial charge on any atom is 0.573 e. The summed E-state index contributed by atoms with van der Waals surface area (Å²) < 4.78 is 78.9. The first-order valence-electron chi connectivity index (χ1n) is 12.4. The summed E-state index contributed by atoms with van der Waals surface area (Å²) in [5.41, 5.74) is -0.0165. The van der Waals surface area contributed by atoms with Crippen LogP contribution in [-0.4, -0.2) is 69.9 Å². The Kier molecular flexibility index (Phi) is 8.87. The van der Waals surface area contributed by atoms with Crippen molar-refractivity contribution >= 4 is 40.8 Å². The number of amides is 1. The molecule has 11 nitrogen and oxygen atoms in total. The molecular weight excluding hydrogens is 581 g/mol. The standard InChI is InChI=1S/C27H24F5N7O4/c1-14-23-24(25(34-12-33-23)35-13-38(3)4)39(37-14)20-9-8-19(21(28)22(20)29)36-26(41)18(11-42-15(2)40)16-6-5-7-17(10-16)43-27(30,31)32/h5-10,12-13,18H,11H2,1-4H3,(H,36,41)/b35-13+/t18-/m0/s1. The molecule has 226 valence electrons. The van der Waals surface area contributed by atoms with Gasteiger partial charge in [-0.2, -0.15) is 5.10 Å². The lowest BCUT2D eigenvalue weighted by Crippen LogP contribution is -2.27. The van der Waals surface area contributed by atoms with Crippen LogP contribution in [0.15, 0.2) is 47.7 Å². The molecular formula is C27H24F5N7O4. The van der Waals surface area contributed by atoms with E-state index in [0.29, 0.717) is 11.2 Å². The van der Waals surface area contributed by atoms with Crippen molar-refractivity contribution in [3.05, 3.63) is 65.6 Å². The quantitative estimate of drug-likeness (QED) is 0.125. The molecule has 2 aromatic carbocycles. The number of alkyl halides is 3. The molecule has 0 saturated heterocycles. The van der Waals surface area contributed by atoms with E-state index in [1.807, 2.05) is 0 Å². The van der Waals surface area contributed by atoms with Crippen LogP contribution in [-0.2, 0) is 14.3 Å². The lowest BCUT2D eigenvalue weighted by molar-refractivity contribution is -0.274. The van der Waals surface area contributed by atoms with Crippen molar-refractivity contribution < 1.29 is 41.0 Å². The summed E-state index contributed by atoms with van der Waals surface area (Å²) in [4.78, 5) is 38.8. The van der Waals surface area contributed by atoms with Gasteiger partial charge in [0.1, 0.15) is 35.4 Å². The molecule has 0 aliphatic carbocycles. The predicted octanol–water partition coefficient (Wildman–Crippen LogP) is 4.81. The number of ether oxygens (including phenoxy) is 2. The third-order valence-electron chi connectivity index (χ3n) is 5.83. The van der Waals surface area contributed by atoms with Gasteiger partial charge in [-0.25, -0.2) is 28.4 Å². The number of fused-ring (bicyclic) bond motifs is 1. The number of carbonyl (C=O) groups is 2. The minimum absolute atomic E-state index is 0.0395. The van der Waals surface area contributed by atoms with E-state index in [1.54, 1.807) is 25.9 Å². The minimum atomic E-state index is -5.00. The second-order valence-electron chi connectivity index (χ2n) is 9.32. The number of halogens is 5. The van der Waals surface area contributed by atoms with Gasteiger partial charge < -0.3 is 19.7 Å². The Hall–Kier alpha value is -5.15. The van der Waals surface area contributed by atoms with E-state index in [-0.39, 0.29) is 22.6 Å². The van der Waals surface area contributed by atoms with Crippen LogP contribution in [0.25, 0.3) is 16.7 Å². The van der Waals surface area contributed by atoms with E-state index >= 15 is 8.78 Å². The molecule has 0 unspecified atom stereocenters. The summed E-state index contributed by atoms with van der Waals surface area (Å²) in [6, 6.07) is 6.65. The molecule has 1 atom stereocenters. The lowest BCUT2D eigenvalue weighted by atomic mass is 9.98. The summed E-state index contributed by atoms with van der Waals surface area (Å²) in [6.07, 6.45) is -2.28. The average Bonchev–Trinajstić information content (AvgIpc) is 3.26. The van der Waals surface area contributed by atoms with Gasteiger partial charge in [0.05, 0.1) is 23.6 Å². The molecule has 0 radical (unpaired) electrons. The lowest BCUT2D eigenvalue weighted by Gasteiger charge is -2.19. The third kappa shape index (κ3) is 7.20. The fraction of sp³-hybridized carbons (Fsp3) is 0.259. The van der Waals surface area contributed by atoms with Gasteiger partial charge in [0.2, 0.25) is 5.91 Å². The Balaban J connectivity index is 1.69. The topological polar surface area (TPSA) is 124 Å². The van der Waals surface area contributed by atoms with Gasteiger partial charge in [0.25, 0.3) is 0 Å². The number of hydrogen-bond donors (Lipinski definition) is 1. The molecule has 2 aromatic heterocycles. The van der Waals surface area contributed by atoms with E-state index in [2.05, 4.69) is 30.1 Å². The molecule has 0 spiro atoms. The second kappa shape index (κ2) is 12.4. The summed E-state index contributed by atoms with van der Waals surface area (Å²) in [5.74, 6) is -6.51. The number of nitrogens with zero attached hydrogens (tertiary/aromatic N) is 6. The molecule has 4 aromatic rings. The van der Waals surface area contributed by atoms with Crippen LogP contribution < -0.4 is 10.1 Å². The Morgan fingerprint density at radius 1 is 1.14 bits per heavy atom. The Labute approximate surface area is 241 Å². The van der Waals surface area contributed by atoms with Gasteiger partial charge in [-0.05, 0) is 36.8 Å². The van der Waals surface area contributed by atoms with Crippen LogP contribution in [0, 0.1) is 18.6 Å². The summed E-state index contributed by atoms with van der Waals surface area (Å²) in [6.45, 7) is 2.08. The van der Waals surface area contributed by atoms with Crippen molar-refractivity contribution in [3.8, 4) is 11.4 Å². The van der Waals surface area contributed by atoms with Gasteiger partial charge in [-0.1, -0.05) is 12.1 Å². The van der Waals surface area contributed by atoms with Crippen molar-refractivity contribution in [2.24, 2.45) is 4.99 Å². The van der Waals surface area contributed by atoms with Crippen molar-refractivity contribution in [2.45, 2.75) is 26.1 Å². The molecule has 2 heterocycles. The molecule has 0 aliphatic rings. The molecule has 43 heavy (non-hydrogen) atoms. The first kappa shape index (κ1) is 30.8. The van der Waals surface area contributed by atoms with E-state index < -0.39 is 53.8 Å². The van der Waals surface area contributed by atoms with Gasteiger partial charge >= 0.3 is 12.3 Å². The van der Waals surface area contributed by atoms with Crippen LogP contribution in [0.3, 0.4) is 0 Å². The van der Waals surface area contributed by atoms with E-state index in [1.165, 1.54) is 24.8 Å². The number of anilines is 1. The third-order valence-corrected chi connectivity index (χ3v) is 5.83. The highest BCUT2D eigenvalue weighted by Crippen LogP contribution is 2.32. The minimum Gasteiger partial charge on any atom is -0.465 e. The van der Waals surface area contributed by atoms with E-state index in [9.17, 15) is 22.8 Å². The zero-order valence-electron chi connectivity index (χ0n) is 23.1. The van der Waals surface area contributed by atoms with Crippen LogP contribution in [0.2, 0.25) is 0 Å². The number of hydrogen-bond acceptors (Lipinski definition) is 8. The van der Waals surface area contributed by atoms with Crippen molar-refractivity contribution in [1.82, 2.24) is 24.6 Å². The molecule has 0 fully saturated rings. The second-order valence-corrected chi connectivity index (χ2v) is 9.32. The van der Waals surface area contributed by atoms with Crippen molar-refractivity contribution in [3.63, 3.8) is 0 Å². The SMILES string of the molecule is CC(=O)OC[C@H](C(=O)Nc1ccc(-n2nc(C)c3ncnc(/N=C/N(C)C)c32)c(F)c1F)c1cccc(OC(F)(F)F)c1. The number of aliphatic imine (C=N–C) groups is 1. The molecule has 0 aliphatic heterocycles. The number of benzene rings is 2. The largest absolute Gasteiger partial charge is 0.573 e. The number of aromatic nitrogens is 4. The first-order valence-corrected chi connectivity index (χ1v) is 12.4. The monoisotopic (exact) mass is 605 g/mol. The van der Waals surface area contributed by atoms with Crippen LogP contribution >= 0.6 is 0 Å². The highest BCUT2D eigenvalue weighted by atomic mass is 19.4. The first-order chi connectivity index (χ1) is 20.2. The molecule has 4 rings (SSSR count). The molecule has 0 bridgehead atoms. The average molecular weight is 606 g/mol. The number of esters is 1. The molecule has 1 N–H and O–H groups in total. The van der Waals surface area contributed by atoms with Crippen molar-refractivity contribution in [2.75, 3.05) is 26.0 Å². The molecule has 0 saturated carbocycles. The summed E-state index contributed by atoms with van der Waals surface area (Å²) >= 11 is 0. The number of rotatable bonds is 9. The molecule has 16 heteroatoms. The highest BCUT2D eigenvalue weighted by molar-refractivity contribution is 5.96. The maximum absolute atomic E-state index is 15.5. The Morgan fingerprint density at radius 3 is 2.56 bits per heavy atom. The number of nitrogens with one attached hydrogen (secondary N) is 1. The summed E-state index contributed by atoms with van der Waals surface area (Å²) in [5, 5.41) is 6.49. The number of aryl methyl sites for hydroxylation is 1. The van der Waals surface area contributed by atoms with Gasteiger partial charge in [-0.15, -0.1) is 13.2 Å². The van der Waals surface area contributed by atoms with Gasteiger partial charge in [0.15, 0.2) is 17.5 Å². The predicted molar refractivity (Wildman–Crippen MR) is 144 cm³/mol. The van der Waals surface area contributed by atoms with Crippen LogP contribution in [0.4, 0.5) is 33.5 Å². The normalized spacial score (nSPS) is 12.4. The molecule has 1 amide bonds. The van der Waals surface area contributed by atoms with Crippen LogP contribution in [0.5, 0.6) is 5.75 Å².